The number of fused-ring (bicyclic) bond motifs is 1. The highest BCUT2D eigenvalue weighted by Gasteiger charge is 2.36. The normalized spacial score (nSPS) is 23.4. The molecule has 0 radical (unpaired) electrons. The van der Waals surface area contributed by atoms with E-state index in [0.717, 1.165) is 13.0 Å². The van der Waals surface area contributed by atoms with Crippen LogP contribution < -0.4 is 0 Å². The Morgan fingerprint density at radius 2 is 1.95 bits per heavy atom. The molecule has 2 nitrogen and oxygen atoms in total. The zero-order valence-corrected chi connectivity index (χ0v) is 12.6. The quantitative estimate of drug-likeness (QED) is 0.756. The van der Waals surface area contributed by atoms with Crippen molar-refractivity contribution in [2.45, 2.75) is 44.6 Å². The summed E-state index contributed by atoms with van der Waals surface area (Å²) in [5.41, 5.74) is 2.78. The first-order valence-electron chi connectivity index (χ1n) is 7.74. The smallest absolute Gasteiger partial charge is 0.238 e. The van der Waals surface area contributed by atoms with Gasteiger partial charge in [0.15, 0.2) is 0 Å². The number of alkyl halides is 1. The Kier molecular flexibility index (Phi) is 4.30. The number of halogens is 1. The van der Waals surface area contributed by atoms with Gasteiger partial charge < -0.3 is 4.90 Å². The fraction of sp³-hybridized carbons (Fsp3) is 0.588. The van der Waals surface area contributed by atoms with E-state index in [9.17, 15) is 4.79 Å². The minimum absolute atomic E-state index is 0.0942. The highest BCUT2D eigenvalue weighted by Crippen LogP contribution is 2.41. The SMILES string of the molecule is O=C(CCl)N1CCc2ccccc2[C@H]1C1CCCCC1. The molecule has 3 rings (SSSR count). The van der Waals surface area contributed by atoms with E-state index in [2.05, 4.69) is 24.3 Å². The molecule has 20 heavy (non-hydrogen) atoms. The van der Waals surface area contributed by atoms with Crippen molar-refractivity contribution in [1.29, 1.82) is 0 Å². The van der Waals surface area contributed by atoms with Gasteiger partial charge in [0.2, 0.25) is 5.91 Å². The summed E-state index contributed by atoms with van der Waals surface area (Å²) in [6, 6.07) is 8.89. The average molecular weight is 292 g/mol. The molecule has 1 amide bonds. The summed E-state index contributed by atoms with van der Waals surface area (Å²) < 4.78 is 0. The van der Waals surface area contributed by atoms with Gasteiger partial charge in [0.1, 0.15) is 5.88 Å². The van der Waals surface area contributed by atoms with Crippen molar-refractivity contribution in [3.05, 3.63) is 35.4 Å². The summed E-state index contributed by atoms with van der Waals surface area (Å²) in [6.07, 6.45) is 7.38. The van der Waals surface area contributed by atoms with E-state index in [1.165, 1.54) is 43.2 Å². The second kappa shape index (κ2) is 6.17. The number of rotatable bonds is 2. The zero-order valence-electron chi connectivity index (χ0n) is 11.9. The Balaban J connectivity index is 1.95. The van der Waals surface area contributed by atoms with Crippen molar-refractivity contribution in [1.82, 2.24) is 4.90 Å². The minimum atomic E-state index is 0.0942. The predicted molar refractivity (Wildman–Crippen MR) is 81.9 cm³/mol. The molecule has 0 unspecified atom stereocenters. The lowest BCUT2D eigenvalue weighted by Gasteiger charge is -2.43. The lowest BCUT2D eigenvalue weighted by atomic mass is 9.77. The van der Waals surface area contributed by atoms with Gasteiger partial charge in [-0.05, 0) is 36.3 Å². The Morgan fingerprint density at radius 3 is 2.70 bits per heavy atom. The molecule has 1 aliphatic carbocycles. The Bertz CT molecular complexity index is 482. The molecule has 1 aromatic rings. The monoisotopic (exact) mass is 291 g/mol. The molecule has 0 saturated heterocycles. The van der Waals surface area contributed by atoms with Gasteiger partial charge in [-0.25, -0.2) is 0 Å². The molecule has 0 spiro atoms. The van der Waals surface area contributed by atoms with Gasteiger partial charge in [-0.3, -0.25) is 4.79 Å². The summed E-state index contributed by atoms with van der Waals surface area (Å²) in [4.78, 5) is 14.3. The van der Waals surface area contributed by atoms with E-state index in [4.69, 9.17) is 11.6 Å². The average Bonchev–Trinajstić information content (AvgIpc) is 2.53. The molecule has 1 fully saturated rings. The Hall–Kier alpha value is -1.02. The lowest BCUT2D eigenvalue weighted by molar-refractivity contribution is -0.133. The second-order valence-corrected chi connectivity index (χ2v) is 6.28. The van der Waals surface area contributed by atoms with Crippen LogP contribution in [0.1, 0.15) is 49.3 Å². The molecule has 0 aromatic heterocycles. The Labute approximate surface area is 126 Å². The van der Waals surface area contributed by atoms with Crippen LogP contribution in [0.4, 0.5) is 0 Å². The molecule has 1 aliphatic heterocycles. The summed E-state index contributed by atoms with van der Waals surface area (Å²) in [7, 11) is 0. The van der Waals surface area contributed by atoms with Crippen LogP contribution in [0.3, 0.4) is 0 Å². The number of amides is 1. The van der Waals surface area contributed by atoms with Gasteiger partial charge in [-0.2, -0.15) is 0 Å². The molecule has 1 atom stereocenters. The van der Waals surface area contributed by atoms with Gasteiger partial charge in [0, 0.05) is 6.54 Å². The summed E-state index contributed by atoms with van der Waals surface area (Å²) >= 11 is 5.83. The van der Waals surface area contributed by atoms with Gasteiger partial charge >= 0.3 is 0 Å². The van der Waals surface area contributed by atoms with Crippen molar-refractivity contribution in [2.24, 2.45) is 5.92 Å². The molecule has 1 aromatic carbocycles. The van der Waals surface area contributed by atoms with Crippen molar-refractivity contribution >= 4 is 17.5 Å². The number of carbonyl (C=O) groups excluding carboxylic acids is 1. The van der Waals surface area contributed by atoms with Gasteiger partial charge in [0.25, 0.3) is 0 Å². The maximum Gasteiger partial charge on any atom is 0.238 e. The summed E-state index contributed by atoms with van der Waals surface area (Å²) in [5.74, 6) is 0.805. The number of benzene rings is 1. The second-order valence-electron chi connectivity index (χ2n) is 6.01. The third-order valence-corrected chi connectivity index (χ3v) is 5.09. The maximum absolute atomic E-state index is 12.2. The van der Waals surface area contributed by atoms with Crippen molar-refractivity contribution in [3.63, 3.8) is 0 Å². The van der Waals surface area contributed by atoms with E-state index in [-0.39, 0.29) is 17.8 Å². The van der Waals surface area contributed by atoms with Gasteiger partial charge in [0.05, 0.1) is 6.04 Å². The molecule has 108 valence electrons. The van der Waals surface area contributed by atoms with Crippen molar-refractivity contribution < 1.29 is 4.79 Å². The molecule has 2 aliphatic rings. The lowest BCUT2D eigenvalue weighted by Crippen LogP contribution is -2.44. The minimum Gasteiger partial charge on any atom is -0.334 e. The van der Waals surface area contributed by atoms with Gasteiger partial charge in [-0.15, -0.1) is 11.6 Å². The van der Waals surface area contributed by atoms with Crippen LogP contribution in [0.2, 0.25) is 0 Å². The third-order valence-electron chi connectivity index (χ3n) is 4.86. The molecule has 1 heterocycles. The largest absolute Gasteiger partial charge is 0.334 e. The molecule has 3 heteroatoms. The summed E-state index contributed by atoms with van der Waals surface area (Å²) in [5, 5.41) is 0. The third kappa shape index (κ3) is 2.58. The topological polar surface area (TPSA) is 20.3 Å². The fourth-order valence-electron chi connectivity index (χ4n) is 3.91. The van der Waals surface area contributed by atoms with E-state index in [0.29, 0.717) is 5.92 Å². The van der Waals surface area contributed by atoms with Crippen LogP contribution in [-0.2, 0) is 11.2 Å². The number of hydrogen-bond donors (Lipinski definition) is 0. The van der Waals surface area contributed by atoms with Crippen LogP contribution in [0, 0.1) is 5.92 Å². The standard InChI is InChI=1S/C17H22ClNO/c18-12-16(20)19-11-10-13-6-4-5-9-15(13)17(19)14-7-2-1-3-8-14/h4-6,9,14,17H,1-3,7-8,10-12H2/t17-/m1/s1. The van der Waals surface area contributed by atoms with E-state index >= 15 is 0 Å². The van der Waals surface area contributed by atoms with Crippen molar-refractivity contribution in [2.75, 3.05) is 12.4 Å². The van der Waals surface area contributed by atoms with Crippen LogP contribution in [0.25, 0.3) is 0 Å². The highest BCUT2D eigenvalue weighted by molar-refractivity contribution is 6.27. The van der Waals surface area contributed by atoms with Crippen LogP contribution in [0.15, 0.2) is 24.3 Å². The highest BCUT2D eigenvalue weighted by atomic mass is 35.5. The zero-order chi connectivity index (χ0) is 13.9. The maximum atomic E-state index is 12.2. The predicted octanol–water partition coefficient (Wildman–Crippen LogP) is 3.93. The summed E-state index contributed by atoms with van der Waals surface area (Å²) in [6.45, 7) is 0.823. The molecular formula is C17H22ClNO. The molecule has 1 saturated carbocycles. The first kappa shape index (κ1) is 13.9. The number of nitrogens with zero attached hydrogens (tertiary/aromatic N) is 1. The number of hydrogen-bond acceptors (Lipinski definition) is 1. The fourth-order valence-corrected chi connectivity index (χ4v) is 4.07. The number of carbonyl (C=O) groups is 1. The van der Waals surface area contributed by atoms with E-state index in [1.54, 1.807) is 0 Å². The van der Waals surface area contributed by atoms with Crippen LogP contribution >= 0.6 is 11.6 Å². The van der Waals surface area contributed by atoms with Crippen molar-refractivity contribution in [3.8, 4) is 0 Å². The first-order chi connectivity index (χ1) is 9.81. The van der Waals surface area contributed by atoms with Gasteiger partial charge in [-0.1, -0.05) is 43.5 Å². The molecule has 0 N–H and O–H groups in total. The van der Waals surface area contributed by atoms with Crippen LogP contribution in [0.5, 0.6) is 0 Å². The molecular weight excluding hydrogens is 270 g/mol. The Morgan fingerprint density at radius 1 is 1.20 bits per heavy atom. The molecule has 0 bridgehead atoms. The first-order valence-corrected chi connectivity index (χ1v) is 8.28. The van der Waals surface area contributed by atoms with Crippen LogP contribution in [-0.4, -0.2) is 23.2 Å². The van der Waals surface area contributed by atoms with E-state index in [1.807, 2.05) is 4.90 Å². The van der Waals surface area contributed by atoms with E-state index < -0.39 is 0 Å².